The molecule has 1 unspecified atom stereocenters. The van der Waals surface area contributed by atoms with Gasteiger partial charge < -0.3 is 5.32 Å². The lowest BCUT2D eigenvalue weighted by Gasteiger charge is -2.11. The van der Waals surface area contributed by atoms with Crippen LogP contribution in [0.15, 0.2) is 18.2 Å². The molecule has 1 fully saturated rings. The molecule has 1 amide bonds. The van der Waals surface area contributed by atoms with E-state index in [1.54, 1.807) is 6.07 Å². The van der Waals surface area contributed by atoms with Crippen LogP contribution in [0.1, 0.15) is 25.3 Å². The first kappa shape index (κ1) is 11.6. The number of halogens is 1. The average Bonchev–Trinajstić information content (AvgIpc) is 3.14. The SMILES string of the molecule is CC(C(=O)Nc1ccc(F)c(C#N)c1)C1CC1. The van der Waals surface area contributed by atoms with E-state index in [2.05, 4.69) is 5.32 Å². The molecule has 88 valence electrons. The molecule has 0 bridgehead atoms. The maximum Gasteiger partial charge on any atom is 0.227 e. The molecule has 2 rings (SSSR count). The first-order chi connectivity index (χ1) is 8.11. The molecule has 4 heteroatoms. The number of hydrogen-bond donors (Lipinski definition) is 1. The van der Waals surface area contributed by atoms with Crippen molar-refractivity contribution in [2.24, 2.45) is 11.8 Å². The predicted molar refractivity (Wildman–Crippen MR) is 61.6 cm³/mol. The van der Waals surface area contributed by atoms with E-state index >= 15 is 0 Å². The van der Waals surface area contributed by atoms with Gasteiger partial charge in [-0.1, -0.05) is 6.92 Å². The standard InChI is InChI=1S/C13H13FN2O/c1-8(9-2-3-9)13(17)16-11-4-5-12(14)10(6-11)7-15/h4-6,8-9H,2-3H2,1H3,(H,16,17). The number of hydrogen-bond acceptors (Lipinski definition) is 2. The van der Waals surface area contributed by atoms with Crippen LogP contribution in [-0.4, -0.2) is 5.91 Å². The highest BCUT2D eigenvalue weighted by molar-refractivity contribution is 5.92. The number of nitrogens with zero attached hydrogens (tertiary/aromatic N) is 1. The Hall–Kier alpha value is -1.89. The second-order valence-corrected chi connectivity index (χ2v) is 4.42. The van der Waals surface area contributed by atoms with E-state index in [1.165, 1.54) is 18.2 Å². The van der Waals surface area contributed by atoms with E-state index in [1.807, 2.05) is 6.92 Å². The largest absolute Gasteiger partial charge is 0.326 e. The van der Waals surface area contributed by atoms with E-state index in [4.69, 9.17) is 5.26 Å². The number of carbonyl (C=O) groups is 1. The summed E-state index contributed by atoms with van der Waals surface area (Å²) in [5.41, 5.74) is 0.419. The summed E-state index contributed by atoms with van der Waals surface area (Å²) in [6.07, 6.45) is 2.20. The monoisotopic (exact) mass is 232 g/mol. The summed E-state index contributed by atoms with van der Waals surface area (Å²) in [5.74, 6) is -0.180. The van der Waals surface area contributed by atoms with Crippen molar-refractivity contribution < 1.29 is 9.18 Å². The van der Waals surface area contributed by atoms with Crippen LogP contribution in [0.25, 0.3) is 0 Å². The van der Waals surface area contributed by atoms with Gasteiger partial charge in [-0.2, -0.15) is 5.26 Å². The minimum absolute atomic E-state index is 0.0226. The van der Waals surface area contributed by atoms with Crippen LogP contribution < -0.4 is 5.32 Å². The Kier molecular flexibility index (Phi) is 3.10. The summed E-state index contributed by atoms with van der Waals surface area (Å²) in [5, 5.41) is 11.4. The molecule has 0 heterocycles. The normalized spacial score (nSPS) is 16.1. The van der Waals surface area contributed by atoms with Crippen molar-refractivity contribution in [2.45, 2.75) is 19.8 Å². The zero-order valence-electron chi connectivity index (χ0n) is 9.53. The number of rotatable bonds is 3. The van der Waals surface area contributed by atoms with Gasteiger partial charge >= 0.3 is 0 Å². The maximum absolute atomic E-state index is 13.1. The fraction of sp³-hybridized carbons (Fsp3) is 0.385. The van der Waals surface area contributed by atoms with Gasteiger partial charge in [0.1, 0.15) is 11.9 Å². The molecule has 1 N–H and O–H groups in total. The minimum atomic E-state index is -0.569. The maximum atomic E-state index is 13.1. The summed E-state index contributed by atoms with van der Waals surface area (Å²) in [7, 11) is 0. The second-order valence-electron chi connectivity index (χ2n) is 4.42. The zero-order chi connectivity index (χ0) is 12.4. The molecule has 0 saturated heterocycles. The number of benzene rings is 1. The van der Waals surface area contributed by atoms with Crippen molar-refractivity contribution in [3.8, 4) is 6.07 Å². The molecule has 1 saturated carbocycles. The molecule has 1 atom stereocenters. The molecule has 1 aliphatic rings. The Balaban J connectivity index is 2.08. The van der Waals surface area contributed by atoms with Crippen LogP contribution in [0.4, 0.5) is 10.1 Å². The van der Waals surface area contributed by atoms with Crippen molar-refractivity contribution in [1.29, 1.82) is 5.26 Å². The Morgan fingerprint density at radius 2 is 2.29 bits per heavy atom. The topological polar surface area (TPSA) is 52.9 Å². The Labute approximate surface area is 99.2 Å². The van der Waals surface area contributed by atoms with Gasteiger partial charge in [0.15, 0.2) is 0 Å². The van der Waals surface area contributed by atoms with Crippen LogP contribution in [0.2, 0.25) is 0 Å². The Bertz CT molecular complexity index is 489. The summed E-state index contributed by atoms with van der Waals surface area (Å²) in [6.45, 7) is 1.89. The van der Waals surface area contributed by atoms with Crippen LogP contribution in [0.3, 0.4) is 0 Å². The van der Waals surface area contributed by atoms with Crippen molar-refractivity contribution in [2.75, 3.05) is 5.32 Å². The van der Waals surface area contributed by atoms with E-state index < -0.39 is 5.82 Å². The fourth-order valence-corrected chi connectivity index (χ4v) is 1.76. The van der Waals surface area contributed by atoms with E-state index in [0.29, 0.717) is 11.6 Å². The number of nitrogens with one attached hydrogen (secondary N) is 1. The summed E-state index contributed by atoms with van der Waals surface area (Å²) in [4.78, 5) is 11.8. The molecule has 1 aromatic rings. The second kappa shape index (κ2) is 4.54. The molecule has 0 aliphatic heterocycles. The minimum Gasteiger partial charge on any atom is -0.326 e. The Morgan fingerprint density at radius 3 is 2.88 bits per heavy atom. The van der Waals surface area contributed by atoms with Crippen molar-refractivity contribution >= 4 is 11.6 Å². The van der Waals surface area contributed by atoms with Crippen molar-refractivity contribution in [1.82, 2.24) is 0 Å². The molecule has 0 radical (unpaired) electrons. The van der Waals surface area contributed by atoms with Gasteiger partial charge in [0.05, 0.1) is 5.56 Å². The molecule has 1 aliphatic carbocycles. The highest BCUT2D eigenvalue weighted by Crippen LogP contribution is 2.37. The van der Waals surface area contributed by atoms with Gasteiger partial charge in [0.2, 0.25) is 5.91 Å². The van der Waals surface area contributed by atoms with Gasteiger partial charge in [0, 0.05) is 11.6 Å². The van der Waals surface area contributed by atoms with Crippen molar-refractivity contribution in [3.63, 3.8) is 0 Å². The van der Waals surface area contributed by atoms with Crippen LogP contribution >= 0.6 is 0 Å². The molecule has 17 heavy (non-hydrogen) atoms. The third kappa shape index (κ3) is 2.62. The van der Waals surface area contributed by atoms with Crippen LogP contribution in [0.5, 0.6) is 0 Å². The molecule has 1 aromatic carbocycles. The van der Waals surface area contributed by atoms with E-state index in [9.17, 15) is 9.18 Å². The van der Waals surface area contributed by atoms with Gasteiger partial charge in [0.25, 0.3) is 0 Å². The first-order valence-electron chi connectivity index (χ1n) is 5.62. The molecule has 0 spiro atoms. The number of anilines is 1. The fourth-order valence-electron chi connectivity index (χ4n) is 1.76. The van der Waals surface area contributed by atoms with Gasteiger partial charge in [-0.05, 0) is 37.0 Å². The van der Waals surface area contributed by atoms with E-state index in [0.717, 1.165) is 12.8 Å². The first-order valence-corrected chi connectivity index (χ1v) is 5.62. The predicted octanol–water partition coefficient (Wildman–Crippen LogP) is 2.68. The van der Waals surface area contributed by atoms with Gasteiger partial charge in [-0.3, -0.25) is 4.79 Å². The molecular formula is C13H13FN2O. The molecule has 3 nitrogen and oxygen atoms in total. The van der Waals surface area contributed by atoms with Crippen LogP contribution in [-0.2, 0) is 4.79 Å². The highest BCUT2D eigenvalue weighted by Gasteiger charge is 2.32. The summed E-state index contributed by atoms with van der Waals surface area (Å²) in [6, 6.07) is 5.76. The smallest absolute Gasteiger partial charge is 0.227 e. The zero-order valence-corrected chi connectivity index (χ0v) is 9.53. The average molecular weight is 232 g/mol. The number of nitriles is 1. The highest BCUT2D eigenvalue weighted by atomic mass is 19.1. The third-order valence-electron chi connectivity index (χ3n) is 3.10. The summed E-state index contributed by atoms with van der Waals surface area (Å²) >= 11 is 0. The van der Waals surface area contributed by atoms with Gasteiger partial charge in [-0.15, -0.1) is 0 Å². The third-order valence-corrected chi connectivity index (χ3v) is 3.10. The Morgan fingerprint density at radius 1 is 1.59 bits per heavy atom. The molecule has 0 aromatic heterocycles. The van der Waals surface area contributed by atoms with Crippen LogP contribution in [0, 0.1) is 29.0 Å². The van der Waals surface area contributed by atoms with Gasteiger partial charge in [-0.25, -0.2) is 4.39 Å². The number of amides is 1. The van der Waals surface area contributed by atoms with Crippen molar-refractivity contribution in [3.05, 3.63) is 29.6 Å². The summed E-state index contributed by atoms with van der Waals surface area (Å²) < 4.78 is 13.1. The lowest BCUT2D eigenvalue weighted by molar-refractivity contribution is -0.119. The molecular weight excluding hydrogens is 219 g/mol. The quantitative estimate of drug-likeness (QED) is 0.871. The lowest BCUT2D eigenvalue weighted by Crippen LogP contribution is -2.21. The van der Waals surface area contributed by atoms with E-state index in [-0.39, 0.29) is 17.4 Å². The lowest BCUT2D eigenvalue weighted by atomic mass is 10.1. The number of carbonyl (C=O) groups excluding carboxylic acids is 1.